The van der Waals surface area contributed by atoms with Crippen LogP contribution >= 0.6 is 0 Å². The lowest BCUT2D eigenvalue weighted by Gasteiger charge is -2.06. The maximum Gasteiger partial charge on any atom is 0.417 e. The Morgan fingerprint density at radius 2 is 1.88 bits per heavy atom. The molecule has 0 fully saturated rings. The monoisotopic (exact) mass is 330 g/mol. The summed E-state index contributed by atoms with van der Waals surface area (Å²) in [6, 6.07) is 7.42. The molecule has 0 aliphatic heterocycles. The number of rotatable bonds is 3. The van der Waals surface area contributed by atoms with Crippen LogP contribution in [0.5, 0.6) is 0 Å². The lowest BCUT2D eigenvalue weighted by molar-refractivity contribution is -0.137. The molecule has 3 aromatic rings. The molecule has 9 heteroatoms. The number of hydrogen-bond acceptors (Lipinski definition) is 5. The zero-order valence-corrected chi connectivity index (χ0v) is 12.1. The predicted octanol–water partition coefficient (Wildman–Crippen LogP) is 2.54. The number of nitriles is 1. The van der Waals surface area contributed by atoms with Crippen molar-refractivity contribution in [2.75, 3.05) is 0 Å². The molecule has 0 aliphatic carbocycles. The Balaban J connectivity index is 1.76. The number of hydrogen-bond donors (Lipinski definition) is 0. The van der Waals surface area contributed by atoms with Crippen LogP contribution in [-0.2, 0) is 12.6 Å². The highest BCUT2D eigenvalue weighted by atomic mass is 19.4. The van der Waals surface area contributed by atoms with Gasteiger partial charge in [0.25, 0.3) is 0 Å². The van der Waals surface area contributed by atoms with Gasteiger partial charge in [-0.25, -0.2) is 19.6 Å². The van der Waals surface area contributed by atoms with E-state index in [1.54, 1.807) is 18.3 Å². The summed E-state index contributed by atoms with van der Waals surface area (Å²) in [5.41, 5.74) is 0.300. The summed E-state index contributed by atoms with van der Waals surface area (Å²) >= 11 is 0. The van der Waals surface area contributed by atoms with Crippen LogP contribution in [0.4, 0.5) is 13.2 Å². The molecule has 0 aliphatic rings. The Morgan fingerprint density at radius 1 is 1.04 bits per heavy atom. The summed E-state index contributed by atoms with van der Waals surface area (Å²) in [5.74, 6) is 0.697. The van der Waals surface area contributed by atoms with Gasteiger partial charge in [-0.2, -0.15) is 18.4 Å². The molecule has 3 aromatic heterocycles. The molecule has 3 rings (SSSR count). The van der Waals surface area contributed by atoms with Crippen LogP contribution in [0.25, 0.3) is 5.82 Å². The Hall–Kier alpha value is -3.28. The molecule has 0 saturated carbocycles. The second-order valence-corrected chi connectivity index (χ2v) is 4.85. The van der Waals surface area contributed by atoms with Gasteiger partial charge >= 0.3 is 6.18 Å². The number of alkyl halides is 3. The number of halogens is 3. The van der Waals surface area contributed by atoms with Gasteiger partial charge in [-0.1, -0.05) is 6.07 Å². The second kappa shape index (κ2) is 6.08. The molecular formula is C15H9F3N6. The largest absolute Gasteiger partial charge is 0.417 e. The molecule has 0 saturated heterocycles. The van der Waals surface area contributed by atoms with Crippen molar-refractivity contribution in [1.82, 2.24) is 24.7 Å². The van der Waals surface area contributed by atoms with Gasteiger partial charge < -0.3 is 0 Å². The molecule has 24 heavy (non-hydrogen) atoms. The number of aromatic nitrogens is 5. The summed E-state index contributed by atoms with van der Waals surface area (Å²) in [6.45, 7) is 0. The molecule has 6 nitrogen and oxygen atoms in total. The van der Waals surface area contributed by atoms with E-state index in [2.05, 4.69) is 20.1 Å². The smallest absolute Gasteiger partial charge is 0.245 e. The van der Waals surface area contributed by atoms with Crippen molar-refractivity contribution in [3.63, 3.8) is 0 Å². The van der Waals surface area contributed by atoms with E-state index < -0.39 is 11.7 Å². The Morgan fingerprint density at radius 3 is 2.46 bits per heavy atom. The summed E-state index contributed by atoms with van der Waals surface area (Å²) in [6.07, 6.45) is -0.368. The van der Waals surface area contributed by atoms with Gasteiger partial charge in [0.2, 0.25) is 0 Å². The van der Waals surface area contributed by atoms with Crippen LogP contribution in [0.15, 0.2) is 43.0 Å². The first-order chi connectivity index (χ1) is 11.5. The van der Waals surface area contributed by atoms with E-state index in [4.69, 9.17) is 5.26 Å². The molecule has 0 spiro atoms. The van der Waals surface area contributed by atoms with Gasteiger partial charge in [0.1, 0.15) is 18.1 Å². The maximum atomic E-state index is 12.5. The third kappa shape index (κ3) is 3.38. The third-order valence-electron chi connectivity index (χ3n) is 3.15. The minimum Gasteiger partial charge on any atom is -0.245 e. The first-order valence-electron chi connectivity index (χ1n) is 6.75. The molecule has 120 valence electrons. The highest BCUT2D eigenvalue weighted by molar-refractivity contribution is 5.27. The van der Waals surface area contributed by atoms with Crippen molar-refractivity contribution in [3.05, 3.63) is 65.6 Å². The minimum absolute atomic E-state index is 0.236. The van der Waals surface area contributed by atoms with Crippen molar-refractivity contribution in [3.8, 4) is 11.9 Å². The number of nitrogens with zero attached hydrogens (tertiary/aromatic N) is 6. The van der Waals surface area contributed by atoms with Crippen LogP contribution in [0, 0.1) is 11.3 Å². The van der Waals surface area contributed by atoms with E-state index in [-0.39, 0.29) is 5.82 Å². The van der Waals surface area contributed by atoms with Crippen LogP contribution < -0.4 is 0 Å². The van der Waals surface area contributed by atoms with Gasteiger partial charge in [0, 0.05) is 18.8 Å². The molecule has 0 aromatic carbocycles. The average Bonchev–Trinajstić information content (AvgIpc) is 3.03. The summed E-state index contributed by atoms with van der Waals surface area (Å²) < 4.78 is 38.9. The van der Waals surface area contributed by atoms with Gasteiger partial charge in [0.05, 0.1) is 5.56 Å². The Kier molecular flexibility index (Phi) is 3.95. The van der Waals surface area contributed by atoms with E-state index >= 15 is 0 Å². The van der Waals surface area contributed by atoms with Crippen molar-refractivity contribution in [1.29, 1.82) is 5.26 Å². The molecule has 3 heterocycles. The number of pyridine rings is 2. The van der Waals surface area contributed by atoms with Crippen molar-refractivity contribution < 1.29 is 13.2 Å². The van der Waals surface area contributed by atoms with E-state index in [1.807, 2.05) is 6.07 Å². The van der Waals surface area contributed by atoms with Gasteiger partial charge in [0.15, 0.2) is 11.6 Å². The summed E-state index contributed by atoms with van der Waals surface area (Å²) in [7, 11) is 0. The molecule has 0 unspecified atom stereocenters. The van der Waals surface area contributed by atoms with Gasteiger partial charge in [-0.15, -0.1) is 5.10 Å². The average molecular weight is 330 g/mol. The van der Waals surface area contributed by atoms with Crippen LogP contribution in [-0.4, -0.2) is 24.7 Å². The van der Waals surface area contributed by atoms with Gasteiger partial charge in [-0.05, 0) is 23.8 Å². The fourth-order valence-corrected chi connectivity index (χ4v) is 1.96. The molecule has 0 atom stereocenters. The van der Waals surface area contributed by atoms with E-state index in [0.717, 1.165) is 17.8 Å². The summed E-state index contributed by atoms with van der Waals surface area (Å²) in [5, 5.41) is 12.9. The molecule has 0 N–H and O–H groups in total. The molecule has 0 amide bonds. The molecule has 0 bridgehead atoms. The topological polar surface area (TPSA) is 80.3 Å². The molecule has 0 radical (unpaired) electrons. The quantitative estimate of drug-likeness (QED) is 0.737. The highest BCUT2D eigenvalue weighted by Crippen LogP contribution is 2.28. The van der Waals surface area contributed by atoms with Crippen LogP contribution in [0.1, 0.15) is 22.6 Å². The SMILES string of the molecule is N#Cc1ccc(Cc2ncn(-c3ccc(C(F)(F)F)cn3)n2)cn1. The maximum absolute atomic E-state index is 12.5. The fourth-order valence-electron chi connectivity index (χ4n) is 1.96. The normalized spacial score (nSPS) is 11.2. The first-order valence-corrected chi connectivity index (χ1v) is 6.75. The summed E-state index contributed by atoms with van der Waals surface area (Å²) in [4.78, 5) is 11.8. The van der Waals surface area contributed by atoms with Crippen LogP contribution in [0.2, 0.25) is 0 Å². The Bertz CT molecular complexity index is 875. The zero-order chi connectivity index (χ0) is 17.2. The lowest BCUT2D eigenvalue weighted by atomic mass is 10.2. The van der Waals surface area contributed by atoms with E-state index in [0.29, 0.717) is 17.9 Å². The Labute approximate surface area is 134 Å². The highest BCUT2D eigenvalue weighted by Gasteiger charge is 2.30. The van der Waals surface area contributed by atoms with Crippen molar-refractivity contribution in [2.45, 2.75) is 12.6 Å². The van der Waals surface area contributed by atoms with Crippen LogP contribution in [0.3, 0.4) is 0 Å². The molecular weight excluding hydrogens is 321 g/mol. The van der Waals surface area contributed by atoms with E-state index in [1.165, 1.54) is 17.1 Å². The first kappa shape index (κ1) is 15.6. The van der Waals surface area contributed by atoms with Gasteiger partial charge in [-0.3, -0.25) is 0 Å². The minimum atomic E-state index is -4.43. The standard InChI is InChI=1S/C15H9F3N6/c16-15(17,18)11-2-4-14(21-8-11)24-9-22-13(23-24)5-10-1-3-12(6-19)20-7-10/h1-4,7-9H,5H2. The lowest BCUT2D eigenvalue weighted by Crippen LogP contribution is -2.07. The van der Waals surface area contributed by atoms with E-state index in [9.17, 15) is 13.2 Å². The predicted molar refractivity (Wildman–Crippen MR) is 75.9 cm³/mol. The third-order valence-corrected chi connectivity index (χ3v) is 3.15. The fraction of sp³-hybridized carbons (Fsp3) is 0.133. The van der Waals surface area contributed by atoms with Crippen molar-refractivity contribution in [2.24, 2.45) is 0 Å². The van der Waals surface area contributed by atoms with Crippen molar-refractivity contribution >= 4 is 0 Å². The second-order valence-electron chi connectivity index (χ2n) is 4.85. The zero-order valence-electron chi connectivity index (χ0n) is 12.1.